The highest BCUT2D eigenvalue weighted by atomic mass is 79.9. The molecule has 2 aromatic rings. The highest BCUT2D eigenvalue weighted by Crippen LogP contribution is 2.19. The Labute approximate surface area is 135 Å². The summed E-state index contributed by atoms with van der Waals surface area (Å²) in [6, 6.07) is 9.39. The molecular weight excluding hydrogens is 360 g/mol. The number of hydrogen-bond acceptors (Lipinski definition) is 3. The van der Waals surface area contributed by atoms with E-state index in [1.165, 1.54) is 0 Å². The summed E-state index contributed by atoms with van der Waals surface area (Å²) in [5.74, 6) is 0.685. The zero-order valence-corrected chi connectivity index (χ0v) is 13.6. The third kappa shape index (κ3) is 4.81. The fraction of sp³-hybridized carbons (Fsp3) is 0.143. The Hall–Kier alpha value is -1.04. The lowest BCUT2D eigenvalue weighted by Gasteiger charge is -2.05. The molecule has 0 fully saturated rings. The number of halogens is 2. The van der Waals surface area contributed by atoms with Crippen molar-refractivity contribution in [3.8, 4) is 0 Å². The molecule has 1 amide bonds. The molecule has 0 saturated carbocycles. The SMILES string of the molecule is O=C(NCCSc1ccc(Cl)cc1)c1cncc(Br)c1. The smallest absolute Gasteiger partial charge is 0.252 e. The van der Waals surface area contributed by atoms with Gasteiger partial charge in [-0.1, -0.05) is 11.6 Å². The van der Waals surface area contributed by atoms with E-state index in [0.717, 1.165) is 20.1 Å². The Morgan fingerprint density at radius 2 is 2.05 bits per heavy atom. The van der Waals surface area contributed by atoms with Gasteiger partial charge < -0.3 is 5.32 Å². The molecule has 0 atom stereocenters. The van der Waals surface area contributed by atoms with Crippen LogP contribution in [0.3, 0.4) is 0 Å². The molecule has 0 bridgehead atoms. The monoisotopic (exact) mass is 370 g/mol. The van der Waals surface area contributed by atoms with Crippen molar-refractivity contribution in [2.24, 2.45) is 0 Å². The maximum Gasteiger partial charge on any atom is 0.252 e. The zero-order chi connectivity index (χ0) is 14.4. The molecule has 0 radical (unpaired) electrons. The minimum Gasteiger partial charge on any atom is -0.351 e. The Kier molecular flexibility index (Phi) is 5.88. The number of nitrogens with zero attached hydrogens (tertiary/aromatic N) is 1. The van der Waals surface area contributed by atoms with E-state index in [-0.39, 0.29) is 5.91 Å². The number of rotatable bonds is 5. The average Bonchev–Trinajstić information content (AvgIpc) is 2.45. The summed E-state index contributed by atoms with van der Waals surface area (Å²) in [5, 5.41) is 3.59. The number of thioether (sulfide) groups is 1. The van der Waals surface area contributed by atoms with E-state index in [4.69, 9.17) is 11.6 Å². The summed E-state index contributed by atoms with van der Waals surface area (Å²) >= 11 is 10.8. The summed E-state index contributed by atoms with van der Waals surface area (Å²) in [5.41, 5.74) is 0.552. The molecule has 3 nitrogen and oxygen atoms in total. The third-order valence-corrected chi connectivity index (χ3v) is 4.14. The normalized spacial score (nSPS) is 10.3. The molecule has 1 aromatic carbocycles. The number of carbonyl (C=O) groups excluding carboxylic acids is 1. The van der Waals surface area contributed by atoms with Crippen LogP contribution in [0.15, 0.2) is 52.1 Å². The Morgan fingerprint density at radius 3 is 2.75 bits per heavy atom. The molecule has 6 heteroatoms. The minimum atomic E-state index is -0.115. The average molecular weight is 372 g/mol. The quantitative estimate of drug-likeness (QED) is 0.637. The minimum absolute atomic E-state index is 0.115. The summed E-state index contributed by atoms with van der Waals surface area (Å²) < 4.78 is 0.792. The number of benzene rings is 1. The van der Waals surface area contributed by atoms with Gasteiger partial charge in [0.15, 0.2) is 0 Å². The summed E-state index contributed by atoms with van der Waals surface area (Å²) in [6.07, 6.45) is 3.19. The summed E-state index contributed by atoms with van der Waals surface area (Å²) in [7, 11) is 0. The third-order valence-electron chi connectivity index (χ3n) is 2.44. The van der Waals surface area contributed by atoms with Gasteiger partial charge in [-0.25, -0.2) is 0 Å². The number of amides is 1. The van der Waals surface area contributed by atoms with Gasteiger partial charge in [-0.15, -0.1) is 11.8 Å². The van der Waals surface area contributed by atoms with Crippen molar-refractivity contribution in [3.05, 3.63) is 57.8 Å². The van der Waals surface area contributed by atoms with E-state index in [1.54, 1.807) is 30.2 Å². The van der Waals surface area contributed by atoms with Gasteiger partial charge >= 0.3 is 0 Å². The number of nitrogens with one attached hydrogen (secondary N) is 1. The van der Waals surface area contributed by atoms with E-state index >= 15 is 0 Å². The van der Waals surface area contributed by atoms with Crippen molar-refractivity contribution >= 4 is 45.2 Å². The van der Waals surface area contributed by atoms with E-state index in [9.17, 15) is 4.79 Å². The van der Waals surface area contributed by atoms with Gasteiger partial charge in [0, 0.05) is 39.1 Å². The molecular formula is C14H12BrClN2OS. The highest BCUT2D eigenvalue weighted by molar-refractivity contribution is 9.10. The first kappa shape index (κ1) is 15.4. The van der Waals surface area contributed by atoms with E-state index in [0.29, 0.717) is 12.1 Å². The van der Waals surface area contributed by atoms with Crippen molar-refractivity contribution in [2.75, 3.05) is 12.3 Å². The van der Waals surface area contributed by atoms with Crippen LogP contribution in [0, 0.1) is 0 Å². The van der Waals surface area contributed by atoms with Crippen LogP contribution in [0.25, 0.3) is 0 Å². The second kappa shape index (κ2) is 7.67. The van der Waals surface area contributed by atoms with E-state index in [1.807, 2.05) is 24.3 Å². The second-order valence-electron chi connectivity index (χ2n) is 3.95. The molecule has 0 spiro atoms. The van der Waals surface area contributed by atoms with Gasteiger partial charge in [0.1, 0.15) is 0 Å². The van der Waals surface area contributed by atoms with Crippen molar-refractivity contribution in [1.82, 2.24) is 10.3 Å². The van der Waals surface area contributed by atoms with Crippen LogP contribution in [-0.2, 0) is 0 Å². The van der Waals surface area contributed by atoms with Gasteiger partial charge in [-0.2, -0.15) is 0 Å². The van der Waals surface area contributed by atoms with Crippen molar-refractivity contribution in [1.29, 1.82) is 0 Å². The van der Waals surface area contributed by atoms with Gasteiger partial charge in [0.05, 0.1) is 5.56 Å². The number of carbonyl (C=O) groups is 1. The molecule has 0 aliphatic rings. The predicted molar refractivity (Wildman–Crippen MR) is 86.4 cm³/mol. The molecule has 0 aliphatic carbocycles. The highest BCUT2D eigenvalue weighted by Gasteiger charge is 2.05. The van der Waals surface area contributed by atoms with Gasteiger partial charge in [0.2, 0.25) is 0 Å². The number of aromatic nitrogens is 1. The van der Waals surface area contributed by atoms with Gasteiger partial charge in [-0.3, -0.25) is 9.78 Å². The van der Waals surface area contributed by atoms with E-state index < -0.39 is 0 Å². The summed E-state index contributed by atoms with van der Waals surface area (Å²) in [6.45, 7) is 0.596. The number of pyridine rings is 1. The largest absolute Gasteiger partial charge is 0.351 e. The zero-order valence-electron chi connectivity index (χ0n) is 10.5. The van der Waals surface area contributed by atoms with Crippen LogP contribution >= 0.6 is 39.3 Å². The van der Waals surface area contributed by atoms with Crippen LogP contribution < -0.4 is 5.32 Å². The second-order valence-corrected chi connectivity index (χ2v) is 6.47. The number of hydrogen-bond donors (Lipinski definition) is 1. The molecule has 0 unspecified atom stereocenters. The van der Waals surface area contributed by atoms with Crippen molar-refractivity contribution < 1.29 is 4.79 Å². The first-order valence-electron chi connectivity index (χ1n) is 5.92. The first-order chi connectivity index (χ1) is 9.65. The lowest BCUT2D eigenvalue weighted by molar-refractivity contribution is 0.0955. The lowest BCUT2D eigenvalue weighted by Crippen LogP contribution is -2.25. The van der Waals surface area contributed by atoms with E-state index in [2.05, 4.69) is 26.2 Å². The van der Waals surface area contributed by atoms with Gasteiger partial charge in [0.25, 0.3) is 5.91 Å². The maximum absolute atomic E-state index is 11.9. The Bertz CT molecular complexity index is 592. The van der Waals surface area contributed by atoms with Gasteiger partial charge in [-0.05, 0) is 46.3 Å². The maximum atomic E-state index is 11.9. The topological polar surface area (TPSA) is 42.0 Å². The van der Waals surface area contributed by atoms with Crippen molar-refractivity contribution in [3.63, 3.8) is 0 Å². The van der Waals surface area contributed by atoms with Crippen LogP contribution in [0.5, 0.6) is 0 Å². The van der Waals surface area contributed by atoms with Crippen LogP contribution in [0.4, 0.5) is 0 Å². The molecule has 20 heavy (non-hydrogen) atoms. The van der Waals surface area contributed by atoms with Crippen LogP contribution in [0.1, 0.15) is 10.4 Å². The molecule has 1 N–H and O–H groups in total. The molecule has 0 aliphatic heterocycles. The molecule has 104 valence electrons. The van der Waals surface area contributed by atoms with Crippen LogP contribution in [-0.4, -0.2) is 23.2 Å². The fourth-order valence-electron chi connectivity index (χ4n) is 1.50. The fourth-order valence-corrected chi connectivity index (χ4v) is 2.76. The molecule has 1 heterocycles. The first-order valence-corrected chi connectivity index (χ1v) is 8.08. The molecule has 1 aromatic heterocycles. The summed E-state index contributed by atoms with van der Waals surface area (Å²) in [4.78, 5) is 17.0. The molecule has 0 saturated heterocycles. The lowest BCUT2D eigenvalue weighted by atomic mass is 10.3. The predicted octanol–water partition coefficient (Wildman–Crippen LogP) is 4.02. The van der Waals surface area contributed by atoms with Crippen molar-refractivity contribution in [2.45, 2.75) is 4.90 Å². The molecule has 2 rings (SSSR count). The Balaban J connectivity index is 1.76. The Morgan fingerprint density at radius 1 is 1.30 bits per heavy atom. The standard InChI is InChI=1S/C14H12BrClN2OS/c15-11-7-10(8-17-9-11)14(19)18-5-6-20-13-3-1-12(16)2-4-13/h1-4,7-9H,5-6H2,(H,18,19). The van der Waals surface area contributed by atoms with Crippen LogP contribution in [0.2, 0.25) is 5.02 Å².